The summed E-state index contributed by atoms with van der Waals surface area (Å²) in [5.74, 6) is -0.741. The molecule has 2 rings (SSSR count). The summed E-state index contributed by atoms with van der Waals surface area (Å²) in [4.78, 5) is -0.133. The summed E-state index contributed by atoms with van der Waals surface area (Å²) in [5, 5.41) is 8.71. The van der Waals surface area contributed by atoms with Crippen LogP contribution in [0.15, 0.2) is 41.6 Å². The fourth-order valence-corrected chi connectivity index (χ4v) is 2.73. The highest BCUT2D eigenvalue weighted by molar-refractivity contribution is 7.89. The van der Waals surface area contributed by atoms with Gasteiger partial charge in [-0.2, -0.15) is 5.26 Å². The van der Waals surface area contributed by atoms with Crippen molar-refractivity contribution in [2.75, 3.05) is 0 Å². The molecule has 7 heteroatoms. The second-order valence-electron chi connectivity index (χ2n) is 4.26. The number of nitrogens with one attached hydrogen (secondary N) is 1. The number of aromatic nitrogens is 1. The maximum absolute atomic E-state index is 13.2. The number of nitriles is 1. The number of benzene rings is 1. The summed E-state index contributed by atoms with van der Waals surface area (Å²) in [5.41, 5.74) is 0.506. The second-order valence-corrected chi connectivity index (χ2v) is 6.03. The second kappa shape index (κ2) is 5.45. The molecule has 1 aromatic carbocycles. The minimum absolute atomic E-state index is 0.127. The van der Waals surface area contributed by atoms with Crippen molar-refractivity contribution in [3.63, 3.8) is 0 Å². The van der Waals surface area contributed by atoms with Crippen LogP contribution in [0, 0.1) is 17.1 Å². The van der Waals surface area contributed by atoms with Crippen molar-refractivity contribution in [1.29, 1.82) is 5.26 Å². The van der Waals surface area contributed by atoms with Gasteiger partial charge in [0.25, 0.3) is 0 Å². The van der Waals surface area contributed by atoms with E-state index in [0.717, 1.165) is 23.8 Å². The van der Waals surface area contributed by atoms with Crippen molar-refractivity contribution in [2.24, 2.45) is 7.05 Å². The van der Waals surface area contributed by atoms with Gasteiger partial charge >= 0.3 is 0 Å². The minimum Gasteiger partial charge on any atom is -0.357 e. The number of halogens is 1. The molecule has 0 spiro atoms. The molecule has 104 valence electrons. The average Bonchev–Trinajstić information content (AvgIpc) is 2.83. The number of hydrogen-bond acceptors (Lipinski definition) is 3. The van der Waals surface area contributed by atoms with E-state index in [1.54, 1.807) is 29.1 Å². The molecular formula is C13H12FN3O2S. The Morgan fingerprint density at radius 2 is 2.15 bits per heavy atom. The Labute approximate surface area is 116 Å². The lowest BCUT2D eigenvalue weighted by atomic mass is 10.2. The summed E-state index contributed by atoms with van der Waals surface area (Å²) in [6.07, 6.45) is 3.59. The van der Waals surface area contributed by atoms with Crippen LogP contribution >= 0.6 is 0 Å². The highest BCUT2D eigenvalue weighted by Gasteiger charge is 2.16. The lowest BCUT2D eigenvalue weighted by Crippen LogP contribution is -2.23. The molecule has 0 aliphatic carbocycles. The molecule has 0 saturated carbocycles. The van der Waals surface area contributed by atoms with Gasteiger partial charge in [-0.15, -0.1) is 0 Å². The Hall–Kier alpha value is -2.17. The Bertz CT molecular complexity index is 775. The molecule has 0 aliphatic rings. The van der Waals surface area contributed by atoms with E-state index >= 15 is 0 Å². The van der Waals surface area contributed by atoms with Crippen molar-refractivity contribution < 1.29 is 12.8 Å². The molecule has 2 aromatic rings. The van der Waals surface area contributed by atoms with E-state index in [1.807, 2.05) is 7.05 Å². The first-order chi connectivity index (χ1) is 9.42. The molecule has 0 radical (unpaired) electrons. The molecule has 1 aromatic heterocycles. The maximum Gasteiger partial charge on any atom is 0.240 e. The largest absolute Gasteiger partial charge is 0.357 e. The lowest BCUT2D eigenvalue weighted by molar-refractivity contribution is 0.580. The summed E-state index contributed by atoms with van der Waals surface area (Å²) >= 11 is 0. The highest BCUT2D eigenvalue weighted by Crippen LogP contribution is 2.14. The summed E-state index contributed by atoms with van der Waals surface area (Å²) < 4.78 is 41.5. The quantitative estimate of drug-likeness (QED) is 0.928. The first-order valence-electron chi connectivity index (χ1n) is 5.72. The van der Waals surface area contributed by atoms with Gasteiger partial charge in [-0.05, 0) is 29.8 Å². The molecule has 0 amide bonds. The van der Waals surface area contributed by atoms with E-state index in [1.165, 1.54) is 0 Å². The van der Waals surface area contributed by atoms with E-state index in [-0.39, 0.29) is 17.0 Å². The highest BCUT2D eigenvalue weighted by atomic mass is 32.2. The molecule has 1 N–H and O–H groups in total. The number of rotatable bonds is 4. The SMILES string of the molecule is Cn1ccc(CNS(=O)(=O)c2ccc(F)c(C#N)c2)c1. The van der Waals surface area contributed by atoms with E-state index in [2.05, 4.69) is 4.72 Å². The molecule has 0 saturated heterocycles. The third-order valence-corrected chi connectivity index (χ3v) is 4.13. The fraction of sp³-hybridized carbons (Fsp3) is 0.154. The number of hydrogen-bond donors (Lipinski definition) is 1. The average molecular weight is 293 g/mol. The molecule has 5 nitrogen and oxygen atoms in total. The van der Waals surface area contributed by atoms with Gasteiger partial charge in [0.2, 0.25) is 10.0 Å². The molecule has 0 unspecified atom stereocenters. The van der Waals surface area contributed by atoms with Crippen LogP contribution in [-0.2, 0) is 23.6 Å². The zero-order chi connectivity index (χ0) is 14.8. The smallest absolute Gasteiger partial charge is 0.240 e. The van der Waals surface area contributed by atoms with Crippen LogP contribution < -0.4 is 4.72 Å². The van der Waals surface area contributed by atoms with Crippen LogP contribution in [-0.4, -0.2) is 13.0 Å². The first-order valence-corrected chi connectivity index (χ1v) is 7.21. The molecule has 20 heavy (non-hydrogen) atoms. The van der Waals surface area contributed by atoms with Gasteiger partial charge in [0.05, 0.1) is 10.5 Å². The van der Waals surface area contributed by atoms with E-state index in [9.17, 15) is 12.8 Å². The first kappa shape index (κ1) is 14.2. The van der Waals surface area contributed by atoms with Crippen LogP contribution in [0.5, 0.6) is 0 Å². The Kier molecular flexibility index (Phi) is 3.88. The fourth-order valence-electron chi connectivity index (χ4n) is 1.68. The maximum atomic E-state index is 13.2. The third-order valence-electron chi connectivity index (χ3n) is 2.73. The molecule has 0 fully saturated rings. The Morgan fingerprint density at radius 1 is 1.40 bits per heavy atom. The lowest BCUT2D eigenvalue weighted by Gasteiger charge is -2.06. The normalized spacial score (nSPS) is 11.2. The monoisotopic (exact) mass is 293 g/mol. The van der Waals surface area contributed by atoms with Gasteiger partial charge in [0.15, 0.2) is 0 Å². The van der Waals surface area contributed by atoms with Crippen molar-refractivity contribution in [1.82, 2.24) is 9.29 Å². The van der Waals surface area contributed by atoms with Crippen LogP contribution in [0.3, 0.4) is 0 Å². The van der Waals surface area contributed by atoms with Crippen LogP contribution in [0.25, 0.3) is 0 Å². The van der Waals surface area contributed by atoms with Crippen molar-refractivity contribution >= 4 is 10.0 Å². The summed E-state index contributed by atoms with van der Waals surface area (Å²) in [6.45, 7) is 0.127. The standard InChI is InChI=1S/C13H12FN3O2S/c1-17-5-4-10(9-17)8-16-20(18,19)12-2-3-13(14)11(6-12)7-15/h2-6,9,16H,8H2,1H3. The molecular weight excluding hydrogens is 281 g/mol. The molecule has 1 heterocycles. The van der Waals surface area contributed by atoms with Gasteiger partial charge in [0, 0.05) is 26.0 Å². The number of sulfonamides is 1. The Morgan fingerprint density at radius 3 is 2.75 bits per heavy atom. The van der Waals surface area contributed by atoms with Crippen LogP contribution in [0.1, 0.15) is 11.1 Å². The third kappa shape index (κ3) is 3.04. The van der Waals surface area contributed by atoms with Crippen LogP contribution in [0.2, 0.25) is 0 Å². The van der Waals surface area contributed by atoms with Crippen molar-refractivity contribution in [2.45, 2.75) is 11.4 Å². The van der Waals surface area contributed by atoms with E-state index in [0.29, 0.717) is 0 Å². The van der Waals surface area contributed by atoms with Gasteiger partial charge in [-0.25, -0.2) is 17.5 Å². The van der Waals surface area contributed by atoms with Gasteiger partial charge < -0.3 is 4.57 Å². The minimum atomic E-state index is -3.78. The summed E-state index contributed by atoms with van der Waals surface area (Å²) in [7, 11) is -1.95. The van der Waals surface area contributed by atoms with Crippen molar-refractivity contribution in [3.05, 3.63) is 53.6 Å². The Balaban J connectivity index is 2.20. The predicted molar refractivity (Wildman–Crippen MR) is 70.6 cm³/mol. The zero-order valence-electron chi connectivity index (χ0n) is 10.7. The van der Waals surface area contributed by atoms with E-state index < -0.39 is 15.8 Å². The summed E-state index contributed by atoms with van der Waals surface area (Å²) in [6, 6.07) is 6.51. The van der Waals surface area contributed by atoms with Crippen LogP contribution in [0.4, 0.5) is 4.39 Å². The van der Waals surface area contributed by atoms with E-state index in [4.69, 9.17) is 5.26 Å². The molecule has 0 bridgehead atoms. The van der Waals surface area contributed by atoms with Gasteiger partial charge in [-0.3, -0.25) is 0 Å². The topological polar surface area (TPSA) is 74.9 Å². The molecule has 0 atom stereocenters. The predicted octanol–water partition coefficient (Wildman–Crippen LogP) is 1.51. The van der Waals surface area contributed by atoms with Crippen molar-refractivity contribution in [3.8, 4) is 6.07 Å². The molecule has 0 aliphatic heterocycles. The van der Waals surface area contributed by atoms with Gasteiger partial charge in [-0.1, -0.05) is 0 Å². The number of nitrogens with zero attached hydrogens (tertiary/aromatic N) is 2. The number of aryl methyl sites for hydroxylation is 1. The van der Waals surface area contributed by atoms with Gasteiger partial charge in [0.1, 0.15) is 11.9 Å². The zero-order valence-corrected chi connectivity index (χ0v) is 11.5.